The van der Waals surface area contributed by atoms with Gasteiger partial charge < -0.3 is 9.73 Å². The van der Waals surface area contributed by atoms with E-state index < -0.39 is 0 Å². The number of furan rings is 1. The zero-order valence-electron chi connectivity index (χ0n) is 17.0. The molecule has 164 valence electrons. The molecule has 0 saturated carbocycles. The van der Waals surface area contributed by atoms with Crippen molar-refractivity contribution in [2.24, 2.45) is 0 Å². The van der Waals surface area contributed by atoms with Crippen LogP contribution in [-0.4, -0.2) is 41.2 Å². The number of rotatable bonds is 7. The molecule has 0 fully saturated rings. The number of anilines is 1. The molecule has 0 saturated heterocycles. The number of carbonyl (C=O) groups excluding carboxylic acids is 1. The number of amides is 1. The Hall–Kier alpha value is -3.89. The lowest BCUT2D eigenvalue weighted by Gasteiger charge is -2.12. The Labute approximate surface area is 197 Å². The Bertz CT molecular complexity index is 1370. The lowest BCUT2D eigenvalue weighted by Crippen LogP contribution is -2.16. The maximum atomic E-state index is 12.8. The number of thioether (sulfide) groups is 1. The molecule has 2 aromatic carbocycles. The van der Waals surface area contributed by atoms with E-state index in [0.717, 1.165) is 5.69 Å². The fraction of sp³-hybridized carbons (Fsp3) is 0.0455. The quantitative estimate of drug-likeness (QED) is 0.344. The third-order valence-electron chi connectivity index (χ3n) is 4.62. The van der Waals surface area contributed by atoms with Crippen molar-refractivity contribution >= 4 is 35.0 Å². The summed E-state index contributed by atoms with van der Waals surface area (Å²) < 4.78 is 8.94. The monoisotopic (exact) mass is 477 g/mol. The first-order chi connectivity index (χ1) is 16.2. The van der Waals surface area contributed by atoms with Crippen molar-refractivity contribution in [3.05, 3.63) is 84.6 Å². The van der Waals surface area contributed by atoms with Gasteiger partial charge in [0.25, 0.3) is 0 Å². The number of benzene rings is 2. The van der Waals surface area contributed by atoms with Gasteiger partial charge in [-0.25, -0.2) is 9.67 Å². The second-order valence-corrected chi connectivity index (χ2v) is 8.17. The molecule has 0 aliphatic heterocycles. The maximum absolute atomic E-state index is 12.8. The van der Waals surface area contributed by atoms with Crippen molar-refractivity contribution in [1.82, 2.24) is 29.5 Å². The van der Waals surface area contributed by atoms with E-state index in [2.05, 4.69) is 25.6 Å². The molecule has 0 aliphatic carbocycles. The Morgan fingerprint density at radius 3 is 2.73 bits per heavy atom. The van der Waals surface area contributed by atoms with Crippen LogP contribution in [0, 0.1) is 0 Å². The van der Waals surface area contributed by atoms with E-state index in [0.29, 0.717) is 33.1 Å². The number of nitrogens with zero attached hydrogens (tertiary/aromatic N) is 6. The zero-order chi connectivity index (χ0) is 22.6. The summed E-state index contributed by atoms with van der Waals surface area (Å²) >= 11 is 7.41. The van der Waals surface area contributed by atoms with E-state index in [1.54, 1.807) is 41.5 Å². The van der Waals surface area contributed by atoms with Gasteiger partial charge in [-0.15, -0.1) is 10.2 Å². The molecule has 0 aliphatic rings. The van der Waals surface area contributed by atoms with E-state index in [1.165, 1.54) is 18.1 Å². The number of hydrogen-bond acceptors (Lipinski definition) is 7. The van der Waals surface area contributed by atoms with Crippen LogP contribution in [0.1, 0.15) is 0 Å². The average molecular weight is 478 g/mol. The highest BCUT2D eigenvalue weighted by molar-refractivity contribution is 7.99. The summed E-state index contributed by atoms with van der Waals surface area (Å²) in [6.07, 6.45) is 4.55. The summed E-state index contributed by atoms with van der Waals surface area (Å²) in [5, 5.41) is 16.7. The maximum Gasteiger partial charge on any atom is 0.234 e. The highest BCUT2D eigenvalue weighted by Gasteiger charge is 2.19. The second-order valence-electron chi connectivity index (χ2n) is 6.79. The van der Waals surface area contributed by atoms with Crippen LogP contribution in [0.4, 0.5) is 5.69 Å². The summed E-state index contributed by atoms with van der Waals surface area (Å²) in [4.78, 5) is 16.8. The van der Waals surface area contributed by atoms with Gasteiger partial charge in [0.15, 0.2) is 10.9 Å². The molecule has 5 rings (SSSR count). The van der Waals surface area contributed by atoms with Crippen molar-refractivity contribution in [2.75, 3.05) is 11.1 Å². The van der Waals surface area contributed by atoms with Crippen molar-refractivity contribution in [1.29, 1.82) is 0 Å². The molecular weight excluding hydrogens is 462 g/mol. The highest BCUT2D eigenvalue weighted by Crippen LogP contribution is 2.29. The van der Waals surface area contributed by atoms with Gasteiger partial charge in [-0.2, -0.15) is 5.10 Å². The van der Waals surface area contributed by atoms with E-state index in [1.807, 2.05) is 41.0 Å². The SMILES string of the molecule is O=C(CSc1nnc(-c2ccco2)n1-c1ccccc1)Nc1cc(Cl)ccc1-n1cncn1. The molecule has 0 atom stereocenters. The minimum Gasteiger partial charge on any atom is -0.461 e. The van der Waals surface area contributed by atoms with Crippen LogP contribution in [-0.2, 0) is 4.79 Å². The first-order valence-electron chi connectivity index (χ1n) is 9.81. The molecule has 0 radical (unpaired) electrons. The van der Waals surface area contributed by atoms with Gasteiger partial charge in [-0.1, -0.05) is 41.6 Å². The van der Waals surface area contributed by atoms with E-state index in [-0.39, 0.29) is 11.7 Å². The fourth-order valence-electron chi connectivity index (χ4n) is 3.20. The summed E-state index contributed by atoms with van der Waals surface area (Å²) in [5.41, 5.74) is 2.04. The summed E-state index contributed by atoms with van der Waals surface area (Å²) in [6.45, 7) is 0. The summed E-state index contributed by atoms with van der Waals surface area (Å²) in [7, 11) is 0. The Balaban J connectivity index is 1.38. The molecule has 5 aromatic rings. The van der Waals surface area contributed by atoms with Crippen LogP contribution in [0.2, 0.25) is 5.02 Å². The van der Waals surface area contributed by atoms with Crippen LogP contribution in [0.15, 0.2) is 89.2 Å². The molecular formula is C22H16ClN7O2S. The largest absolute Gasteiger partial charge is 0.461 e. The number of carbonyl (C=O) groups is 1. The van der Waals surface area contributed by atoms with Crippen LogP contribution < -0.4 is 5.32 Å². The normalized spacial score (nSPS) is 10.9. The molecule has 0 unspecified atom stereocenters. The van der Waals surface area contributed by atoms with E-state index in [4.69, 9.17) is 16.0 Å². The van der Waals surface area contributed by atoms with Crippen LogP contribution in [0.5, 0.6) is 0 Å². The molecule has 0 spiro atoms. The van der Waals surface area contributed by atoms with Gasteiger partial charge >= 0.3 is 0 Å². The fourth-order valence-corrected chi connectivity index (χ4v) is 4.12. The van der Waals surface area contributed by atoms with Crippen molar-refractivity contribution in [3.63, 3.8) is 0 Å². The molecule has 1 N–H and O–H groups in total. The number of aromatic nitrogens is 6. The minimum atomic E-state index is -0.231. The second kappa shape index (κ2) is 9.31. The number of para-hydroxylation sites is 1. The van der Waals surface area contributed by atoms with Gasteiger partial charge in [0.05, 0.1) is 23.4 Å². The van der Waals surface area contributed by atoms with Crippen molar-refractivity contribution < 1.29 is 9.21 Å². The van der Waals surface area contributed by atoms with Gasteiger partial charge in [-0.05, 0) is 42.5 Å². The van der Waals surface area contributed by atoms with E-state index >= 15 is 0 Å². The molecule has 9 nitrogen and oxygen atoms in total. The third-order valence-corrected chi connectivity index (χ3v) is 5.78. The Kier molecular flexibility index (Phi) is 5.92. The van der Waals surface area contributed by atoms with Gasteiger partial charge in [0, 0.05) is 10.7 Å². The molecule has 11 heteroatoms. The third kappa shape index (κ3) is 4.52. The Morgan fingerprint density at radius 2 is 1.97 bits per heavy atom. The van der Waals surface area contributed by atoms with Crippen LogP contribution in [0.3, 0.4) is 0 Å². The number of hydrogen-bond donors (Lipinski definition) is 1. The van der Waals surface area contributed by atoms with Gasteiger partial charge in [0.1, 0.15) is 12.7 Å². The van der Waals surface area contributed by atoms with Crippen molar-refractivity contribution in [3.8, 4) is 23.0 Å². The highest BCUT2D eigenvalue weighted by atomic mass is 35.5. The summed E-state index contributed by atoms with van der Waals surface area (Å²) in [5.74, 6) is 1.01. The van der Waals surface area contributed by atoms with Gasteiger partial charge in [0.2, 0.25) is 11.7 Å². The molecule has 3 aromatic heterocycles. The molecule has 3 heterocycles. The lowest BCUT2D eigenvalue weighted by molar-refractivity contribution is -0.113. The molecule has 0 bridgehead atoms. The summed E-state index contributed by atoms with van der Waals surface area (Å²) in [6, 6.07) is 18.4. The minimum absolute atomic E-state index is 0.104. The predicted octanol–water partition coefficient (Wildman–Crippen LogP) is 4.49. The van der Waals surface area contributed by atoms with Gasteiger partial charge in [-0.3, -0.25) is 9.36 Å². The van der Waals surface area contributed by atoms with Crippen molar-refractivity contribution in [2.45, 2.75) is 5.16 Å². The number of nitrogens with one attached hydrogen (secondary N) is 1. The Morgan fingerprint density at radius 1 is 1.09 bits per heavy atom. The zero-order valence-corrected chi connectivity index (χ0v) is 18.6. The van der Waals surface area contributed by atoms with Crippen LogP contribution in [0.25, 0.3) is 23.0 Å². The molecule has 1 amide bonds. The smallest absolute Gasteiger partial charge is 0.234 e. The topological polar surface area (TPSA) is 104 Å². The first-order valence-corrected chi connectivity index (χ1v) is 11.2. The molecule has 33 heavy (non-hydrogen) atoms. The van der Waals surface area contributed by atoms with Crippen LogP contribution >= 0.6 is 23.4 Å². The average Bonchev–Trinajstić information content (AvgIpc) is 3.60. The lowest BCUT2D eigenvalue weighted by atomic mass is 10.2. The first kappa shape index (κ1) is 21.0. The predicted molar refractivity (Wildman–Crippen MR) is 125 cm³/mol. The standard InChI is InChI=1S/C22H16ClN7O2S/c23-15-8-9-18(29-14-24-13-25-29)17(11-15)26-20(31)12-33-22-28-27-21(19-7-4-10-32-19)30(22)16-5-2-1-3-6-16/h1-11,13-14H,12H2,(H,26,31). The number of halogens is 1. The van der Waals surface area contributed by atoms with E-state index in [9.17, 15) is 4.79 Å².